The molecule has 0 bridgehead atoms. The lowest BCUT2D eigenvalue weighted by Crippen LogP contribution is -2.37. The van der Waals surface area contributed by atoms with Gasteiger partial charge in [-0.05, 0) is 33.6 Å². The summed E-state index contributed by atoms with van der Waals surface area (Å²) < 4.78 is 10.6. The van der Waals surface area contributed by atoms with Gasteiger partial charge in [0, 0.05) is 6.54 Å². The molecule has 5 heteroatoms. The Morgan fingerprint density at radius 2 is 2.06 bits per heavy atom. The summed E-state index contributed by atoms with van der Waals surface area (Å²) in [4.78, 5) is 11.3. The second-order valence-corrected chi connectivity index (χ2v) is 5.02. The summed E-state index contributed by atoms with van der Waals surface area (Å²) in [5.74, 6) is 0. The van der Waals surface area contributed by atoms with Gasteiger partial charge in [-0.25, -0.2) is 4.79 Å². The highest BCUT2D eigenvalue weighted by molar-refractivity contribution is 5.67. The van der Waals surface area contributed by atoms with Crippen LogP contribution in [-0.4, -0.2) is 42.2 Å². The number of hydrogen-bond acceptors (Lipinski definition) is 4. The molecular formula is C11H21NO4. The maximum atomic E-state index is 11.3. The van der Waals surface area contributed by atoms with Crippen LogP contribution in [0.4, 0.5) is 4.79 Å². The van der Waals surface area contributed by atoms with Crippen LogP contribution in [0.2, 0.25) is 0 Å². The summed E-state index contributed by atoms with van der Waals surface area (Å²) in [5, 5.41) is 11.5. The van der Waals surface area contributed by atoms with Crippen molar-refractivity contribution in [1.29, 1.82) is 0 Å². The first-order valence-corrected chi connectivity index (χ1v) is 5.64. The Balaban J connectivity index is 2.18. The Morgan fingerprint density at radius 1 is 1.44 bits per heavy atom. The number of aliphatic hydroxyl groups is 1. The van der Waals surface area contributed by atoms with Crippen LogP contribution >= 0.6 is 0 Å². The number of alkyl carbamates (subject to hydrolysis) is 1. The number of rotatable bonds is 3. The van der Waals surface area contributed by atoms with Gasteiger partial charge in [-0.3, -0.25) is 0 Å². The Bertz CT molecular complexity index is 237. The number of ether oxygens (including phenoxy) is 2. The van der Waals surface area contributed by atoms with Gasteiger partial charge in [0.05, 0.1) is 18.8 Å². The summed E-state index contributed by atoms with van der Waals surface area (Å²) in [6.07, 6.45) is 1.19. The minimum atomic E-state index is -0.478. The molecule has 0 aromatic heterocycles. The van der Waals surface area contributed by atoms with Crippen LogP contribution in [-0.2, 0) is 9.47 Å². The molecule has 0 unspecified atom stereocenters. The van der Waals surface area contributed by atoms with Crippen LogP contribution < -0.4 is 5.32 Å². The molecule has 0 saturated carbocycles. The predicted molar refractivity (Wildman–Crippen MR) is 59.2 cm³/mol. The summed E-state index contributed by atoms with van der Waals surface area (Å²) in [5.41, 5.74) is -0.478. The molecular weight excluding hydrogens is 210 g/mol. The van der Waals surface area contributed by atoms with Gasteiger partial charge in [0.2, 0.25) is 0 Å². The fourth-order valence-corrected chi connectivity index (χ4v) is 1.58. The van der Waals surface area contributed by atoms with Crippen LogP contribution in [0.1, 0.15) is 33.6 Å². The second kappa shape index (κ2) is 5.50. The Labute approximate surface area is 96.1 Å². The lowest BCUT2D eigenvalue weighted by Gasteiger charge is -2.20. The minimum absolute atomic E-state index is 0.00957. The number of carbonyl (C=O) groups is 1. The van der Waals surface area contributed by atoms with E-state index in [-0.39, 0.29) is 18.8 Å². The Kier molecular flexibility index (Phi) is 4.56. The molecule has 2 atom stereocenters. The maximum absolute atomic E-state index is 11.3. The van der Waals surface area contributed by atoms with E-state index in [4.69, 9.17) is 14.6 Å². The number of amides is 1. The SMILES string of the molecule is CC(C)(C)OC(=O)NC[C@H]1CC[C@H](CO)O1. The molecule has 1 saturated heterocycles. The van der Waals surface area contributed by atoms with E-state index >= 15 is 0 Å². The van der Waals surface area contributed by atoms with Gasteiger partial charge < -0.3 is 19.9 Å². The van der Waals surface area contributed by atoms with Crippen molar-refractivity contribution in [3.8, 4) is 0 Å². The quantitative estimate of drug-likeness (QED) is 0.762. The molecule has 1 fully saturated rings. The smallest absolute Gasteiger partial charge is 0.407 e. The largest absolute Gasteiger partial charge is 0.444 e. The van der Waals surface area contributed by atoms with Crippen molar-refractivity contribution in [2.75, 3.05) is 13.2 Å². The third-order valence-corrected chi connectivity index (χ3v) is 2.27. The van der Waals surface area contributed by atoms with Crippen molar-refractivity contribution in [2.24, 2.45) is 0 Å². The molecule has 94 valence electrons. The Hall–Kier alpha value is -0.810. The third-order valence-electron chi connectivity index (χ3n) is 2.27. The molecule has 5 nitrogen and oxygen atoms in total. The van der Waals surface area contributed by atoms with Gasteiger partial charge in [-0.15, -0.1) is 0 Å². The molecule has 1 heterocycles. The molecule has 1 aliphatic heterocycles. The van der Waals surface area contributed by atoms with E-state index in [1.807, 2.05) is 20.8 Å². The zero-order chi connectivity index (χ0) is 12.2. The van der Waals surface area contributed by atoms with Gasteiger partial charge in [-0.2, -0.15) is 0 Å². The normalized spacial score (nSPS) is 25.5. The highest BCUT2D eigenvalue weighted by Crippen LogP contribution is 2.18. The standard InChI is InChI=1S/C11H21NO4/c1-11(2,3)16-10(14)12-6-8-4-5-9(7-13)15-8/h8-9,13H,4-7H2,1-3H3,(H,12,14)/t8-,9-/m1/s1. The van der Waals surface area contributed by atoms with Crippen LogP contribution in [0, 0.1) is 0 Å². The fraction of sp³-hybridized carbons (Fsp3) is 0.909. The molecule has 0 aromatic carbocycles. The number of carbonyl (C=O) groups excluding carboxylic acids is 1. The third kappa shape index (κ3) is 4.81. The first kappa shape index (κ1) is 13.3. The van der Waals surface area contributed by atoms with Crippen LogP contribution in [0.15, 0.2) is 0 Å². The Morgan fingerprint density at radius 3 is 2.56 bits per heavy atom. The van der Waals surface area contributed by atoms with E-state index in [1.54, 1.807) is 0 Å². The molecule has 0 spiro atoms. The van der Waals surface area contributed by atoms with Crippen molar-refractivity contribution in [1.82, 2.24) is 5.32 Å². The van der Waals surface area contributed by atoms with Crippen molar-refractivity contribution >= 4 is 6.09 Å². The number of aliphatic hydroxyl groups excluding tert-OH is 1. The van der Waals surface area contributed by atoms with Crippen molar-refractivity contribution in [3.63, 3.8) is 0 Å². The average Bonchev–Trinajstić information content (AvgIpc) is 2.59. The molecule has 1 amide bonds. The average molecular weight is 231 g/mol. The van der Waals surface area contributed by atoms with Crippen molar-refractivity contribution in [2.45, 2.75) is 51.4 Å². The van der Waals surface area contributed by atoms with E-state index in [9.17, 15) is 4.79 Å². The first-order chi connectivity index (χ1) is 7.40. The van der Waals surface area contributed by atoms with Gasteiger partial charge in [-0.1, -0.05) is 0 Å². The van der Waals surface area contributed by atoms with Gasteiger partial charge in [0.15, 0.2) is 0 Å². The zero-order valence-corrected chi connectivity index (χ0v) is 10.2. The molecule has 1 rings (SSSR count). The molecule has 0 aliphatic carbocycles. The highest BCUT2D eigenvalue weighted by Gasteiger charge is 2.25. The minimum Gasteiger partial charge on any atom is -0.444 e. The lowest BCUT2D eigenvalue weighted by atomic mass is 10.2. The zero-order valence-electron chi connectivity index (χ0n) is 10.2. The molecule has 0 aromatic rings. The highest BCUT2D eigenvalue weighted by atomic mass is 16.6. The molecule has 16 heavy (non-hydrogen) atoms. The summed E-state index contributed by atoms with van der Waals surface area (Å²) >= 11 is 0. The van der Waals surface area contributed by atoms with Gasteiger partial charge >= 0.3 is 6.09 Å². The van der Waals surface area contributed by atoms with E-state index in [0.29, 0.717) is 6.54 Å². The van der Waals surface area contributed by atoms with E-state index < -0.39 is 11.7 Å². The van der Waals surface area contributed by atoms with Crippen molar-refractivity contribution < 1.29 is 19.4 Å². The fourth-order valence-electron chi connectivity index (χ4n) is 1.58. The van der Waals surface area contributed by atoms with E-state index in [2.05, 4.69) is 5.32 Å². The summed E-state index contributed by atoms with van der Waals surface area (Å²) in [6, 6.07) is 0. The topological polar surface area (TPSA) is 67.8 Å². The van der Waals surface area contributed by atoms with Crippen molar-refractivity contribution in [3.05, 3.63) is 0 Å². The van der Waals surface area contributed by atoms with E-state index in [0.717, 1.165) is 12.8 Å². The maximum Gasteiger partial charge on any atom is 0.407 e. The number of hydrogen-bond donors (Lipinski definition) is 2. The van der Waals surface area contributed by atoms with Gasteiger partial charge in [0.25, 0.3) is 0 Å². The molecule has 0 radical (unpaired) electrons. The first-order valence-electron chi connectivity index (χ1n) is 5.64. The predicted octanol–water partition coefficient (Wildman–Crippen LogP) is 1.05. The van der Waals surface area contributed by atoms with Crippen LogP contribution in [0.3, 0.4) is 0 Å². The molecule has 1 aliphatic rings. The van der Waals surface area contributed by atoms with Gasteiger partial charge in [0.1, 0.15) is 5.60 Å². The van der Waals surface area contributed by atoms with Crippen LogP contribution in [0.5, 0.6) is 0 Å². The lowest BCUT2D eigenvalue weighted by molar-refractivity contribution is 0.00868. The summed E-state index contributed by atoms with van der Waals surface area (Å²) in [7, 11) is 0. The number of nitrogens with one attached hydrogen (secondary N) is 1. The van der Waals surface area contributed by atoms with Crippen LogP contribution in [0.25, 0.3) is 0 Å². The van der Waals surface area contributed by atoms with E-state index in [1.165, 1.54) is 0 Å². The second-order valence-electron chi connectivity index (χ2n) is 5.02. The summed E-state index contributed by atoms with van der Waals surface area (Å²) in [6.45, 7) is 5.94. The monoisotopic (exact) mass is 231 g/mol. The molecule has 2 N–H and O–H groups in total.